The van der Waals surface area contributed by atoms with Gasteiger partial charge in [-0.05, 0) is 28.1 Å². The fourth-order valence-corrected chi connectivity index (χ4v) is 1.61. The van der Waals surface area contributed by atoms with E-state index in [1.165, 1.54) is 12.3 Å². The third-order valence-corrected chi connectivity index (χ3v) is 2.66. The van der Waals surface area contributed by atoms with Crippen LogP contribution < -0.4 is 11.1 Å². The zero-order valence-corrected chi connectivity index (χ0v) is 10.1. The lowest BCUT2D eigenvalue weighted by atomic mass is 10.3. The van der Waals surface area contributed by atoms with E-state index in [9.17, 15) is 8.78 Å². The zero-order chi connectivity index (χ0) is 12.4. The summed E-state index contributed by atoms with van der Waals surface area (Å²) in [6.45, 7) is 0. The van der Waals surface area contributed by atoms with Crippen molar-refractivity contribution in [1.82, 2.24) is 4.98 Å². The minimum atomic E-state index is -0.699. The lowest BCUT2D eigenvalue weighted by molar-refractivity contribution is 0.581. The average molecular weight is 300 g/mol. The van der Waals surface area contributed by atoms with Crippen LogP contribution >= 0.6 is 15.9 Å². The molecule has 0 saturated heterocycles. The molecular formula is C11H8BrF2N3. The number of nitrogens with one attached hydrogen (secondary N) is 1. The fourth-order valence-electron chi connectivity index (χ4n) is 1.27. The quantitative estimate of drug-likeness (QED) is 0.835. The molecule has 3 nitrogen and oxygen atoms in total. The summed E-state index contributed by atoms with van der Waals surface area (Å²) in [5, 5.41) is 2.72. The van der Waals surface area contributed by atoms with Crippen LogP contribution in [0.25, 0.3) is 0 Å². The number of rotatable bonds is 2. The number of nitrogens with zero attached hydrogens (tertiary/aromatic N) is 1. The minimum Gasteiger partial charge on any atom is -0.399 e. The maximum atomic E-state index is 13.4. The molecule has 0 unspecified atom stereocenters. The standard InChI is InChI=1S/C11H8BrF2N3/c12-7-4-10(9(14)5-8(7)13)17-11-3-6(15)1-2-16-11/h1-5H,(H3,15,16,17). The van der Waals surface area contributed by atoms with Crippen LogP contribution in [0.15, 0.2) is 34.9 Å². The first-order chi connectivity index (χ1) is 8.06. The number of hydrogen-bond donors (Lipinski definition) is 2. The lowest BCUT2D eigenvalue weighted by Gasteiger charge is -2.08. The van der Waals surface area contributed by atoms with Gasteiger partial charge < -0.3 is 11.1 Å². The molecule has 6 heteroatoms. The van der Waals surface area contributed by atoms with E-state index in [0.717, 1.165) is 6.07 Å². The molecule has 0 radical (unpaired) electrons. The molecule has 1 aromatic heterocycles. The van der Waals surface area contributed by atoms with E-state index in [1.54, 1.807) is 12.1 Å². The number of pyridine rings is 1. The van der Waals surface area contributed by atoms with E-state index in [1.807, 2.05) is 0 Å². The van der Waals surface area contributed by atoms with Gasteiger partial charge in [-0.15, -0.1) is 0 Å². The molecule has 0 fully saturated rings. The Morgan fingerprint density at radius 3 is 2.65 bits per heavy atom. The molecule has 0 amide bonds. The molecule has 17 heavy (non-hydrogen) atoms. The molecule has 2 rings (SSSR count). The predicted octanol–water partition coefficient (Wildman–Crippen LogP) is 3.45. The lowest BCUT2D eigenvalue weighted by Crippen LogP contribution is -1.98. The highest BCUT2D eigenvalue weighted by Crippen LogP contribution is 2.26. The molecular weight excluding hydrogens is 292 g/mol. The Hall–Kier alpha value is -1.69. The first-order valence-electron chi connectivity index (χ1n) is 4.69. The largest absolute Gasteiger partial charge is 0.399 e. The second-order valence-corrected chi connectivity index (χ2v) is 4.20. The van der Waals surface area contributed by atoms with E-state index < -0.39 is 11.6 Å². The van der Waals surface area contributed by atoms with Gasteiger partial charge in [0.25, 0.3) is 0 Å². The van der Waals surface area contributed by atoms with E-state index >= 15 is 0 Å². The van der Waals surface area contributed by atoms with Crippen molar-refractivity contribution in [2.75, 3.05) is 11.1 Å². The maximum absolute atomic E-state index is 13.4. The summed E-state index contributed by atoms with van der Waals surface area (Å²) in [5.41, 5.74) is 6.19. The van der Waals surface area contributed by atoms with Gasteiger partial charge in [0, 0.05) is 24.0 Å². The van der Waals surface area contributed by atoms with Crippen LogP contribution in [0.2, 0.25) is 0 Å². The van der Waals surface area contributed by atoms with Gasteiger partial charge in [0.2, 0.25) is 0 Å². The van der Waals surface area contributed by atoms with Crippen molar-refractivity contribution in [3.8, 4) is 0 Å². The van der Waals surface area contributed by atoms with Gasteiger partial charge in [-0.3, -0.25) is 0 Å². The molecule has 1 heterocycles. The molecule has 0 aliphatic rings. The Labute approximate surface area is 105 Å². The van der Waals surface area contributed by atoms with Crippen molar-refractivity contribution in [2.45, 2.75) is 0 Å². The SMILES string of the molecule is Nc1ccnc(Nc2cc(Br)c(F)cc2F)c1. The van der Waals surface area contributed by atoms with Gasteiger partial charge in [0.1, 0.15) is 17.5 Å². The summed E-state index contributed by atoms with van der Waals surface area (Å²) >= 11 is 2.98. The predicted molar refractivity (Wildman–Crippen MR) is 66.0 cm³/mol. The molecule has 3 N–H and O–H groups in total. The van der Waals surface area contributed by atoms with Gasteiger partial charge in [-0.25, -0.2) is 13.8 Å². The summed E-state index contributed by atoms with van der Waals surface area (Å²) in [6, 6.07) is 5.26. The van der Waals surface area contributed by atoms with Crippen molar-refractivity contribution in [1.29, 1.82) is 0 Å². The number of benzene rings is 1. The van der Waals surface area contributed by atoms with E-state index in [0.29, 0.717) is 11.5 Å². The molecule has 0 aliphatic heterocycles. The molecule has 2 aromatic rings. The second kappa shape index (κ2) is 4.67. The van der Waals surface area contributed by atoms with Crippen LogP contribution in [0.1, 0.15) is 0 Å². The normalized spacial score (nSPS) is 10.3. The van der Waals surface area contributed by atoms with E-state index in [2.05, 4.69) is 26.2 Å². The van der Waals surface area contributed by atoms with Crippen LogP contribution in [-0.2, 0) is 0 Å². The van der Waals surface area contributed by atoms with Gasteiger partial charge in [0.05, 0.1) is 10.2 Å². The summed E-state index contributed by atoms with van der Waals surface area (Å²) < 4.78 is 26.6. The molecule has 0 saturated carbocycles. The highest BCUT2D eigenvalue weighted by molar-refractivity contribution is 9.10. The smallest absolute Gasteiger partial charge is 0.149 e. The first kappa shape index (κ1) is 11.8. The van der Waals surface area contributed by atoms with Crippen molar-refractivity contribution in [3.63, 3.8) is 0 Å². The van der Waals surface area contributed by atoms with Gasteiger partial charge >= 0.3 is 0 Å². The van der Waals surface area contributed by atoms with Crippen molar-refractivity contribution < 1.29 is 8.78 Å². The highest BCUT2D eigenvalue weighted by atomic mass is 79.9. The van der Waals surface area contributed by atoms with Crippen LogP contribution in [0.5, 0.6) is 0 Å². The zero-order valence-electron chi connectivity index (χ0n) is 8.55. The average Bonchev–Trinajstić information content (AvgIpc) is 2.26. The second-order valence-electron chi connectivity index (χ2n) is 3.35. The van der Waals surface area contributed by atoms with Gasteiger partial charge in [-0.1, -0.05) is 0 Å². The summed E-state index contributed by atoms with van der Waals surface area (Å²) in [4.78, 5) is 3.96. The Kier molecular flexibility index (Phi) is 3.23. The molecule has 0 atom stereocenters. The third-order valence-electron chi connectivity index (χ3n) is 2.06. The number of nitrogen functional groups attached to an aromatic ring is 1. The summed E-state index contributed by atoms with van der Waals surface area (Å²) in [7, 11) is 0. The first-order valence-corrected chi connectivity index (χ1v) is 5.48. The molecule has 0 aliphatic carbocycles. The Morgan fingerprint density at radius 1 is 1.18 bits per heavy atom. The summed E-state index contributed by atoms with van der Waals surface area (Å²) in [5.74, 6) is -0.967. The van der Waals surface area contributed by atoms with Crippen LogP contribution in [0, 0.1) is 11.6 Å². The van der Waals surface area contributed by atoms with E-state index in [4.69, 9.17) is 5.73 Å². The molecule has 0 spiro atoms. The Balaban J connectivity index is 2.33. The molecule has 88 valence electrons. The van der Waals surface area contributed by atoms with E-state index in [-0.39, 0.29) is 10.2 Å². The minimum absolute atomic E-state index is 0.122. The van der Waals surface area contributed by atoms with Crippen molar-refractivity contribution in [2.24, 2.45) is 0 Å². The number of anilines is 3. The Morgan fingerprint density at radius 2 is 1.94 bits per heavy atom. The topological polar surface area (TPSA) is 50.9 Å². The third kappa shape index (κ3) is 2.71. The number of hydrogen-bond acceptors (Lipinski definition) is 3. The number of aromatic nitrogens is 1. The highest BCUT2D eigenvalue weighted by Gasteiger charge is 2.08. The number of nitrogens with two attached hydrogens (primary N) is 1. The van der Waals surface area contributed by atoms with Crippen LogP contribution in [-0.4, -0.2) is 4.98 Å². The Bertz CT molecular complexity index is 560. The van der Waals surface area contributed by atoms with Gasteiger partial charge in [0.15, 0.2) is 0 Å². The molecule has 1 aromatic carbocycles. The van der Waals surface area contributed by atoms with Crippen molar-refractivity contribution >= 4 is 33.1 Å². The summed E-state index contributed by atoms with van der Waals surface area (Å²) in [6.07, 6.45) is 1.49. The fraction of sp³-hybridized carbons (Fsp3) is 0. The maximum Gasteiger partial charge on any atom is 0.149 e. The monoisotopic (exact) mass is 299 g/mol. The van der Waals surface area contributed by atoms with Crippen molar-refractivity contribution in [3.05, 3.63) is 46.6 Å². The molecule has 0 bridgehead atoms. The van der Waals surface area contributed by atoms with Crippen LogP contribution in [0.4, 0.5) is 26.0 Å². The van der Waals surface area contributed by atoms with Gasteiger partial charge in [-0.2, -0.15) is 0 Å². The van der Waals surface area contributed by atoms with Crippen LogP contribution in [0.3, 0.4) is 0 Å². The number of halogens is 3.